The van der Waals surface area contributed by atoms with Crippen LogP contribution in [-0.4, -0.2) is 8.07 Å². The Morgan fingerprint density at radius 1 is 0.525 bits per heavy atom. The van der Waals surface area contributed by atoms with Crippen LogP contribution in [0.5, 0.6) is 0 Å². The van der Waals surface area contributed by atoms with Crippen molar-refractivity contribution in [3.05, 3.63) is 112 Å². The average Bonchev–Trinajstić information content (AvgIpc) is 3.50. The number of rotatable bonds is 12. The minimum absolute atomic E-state index is 0.391. The number of benzene rings is 3. The SMILES string of the molecule is CCc1cc(CC)cc([Si](c2cc(CC)cc(CC)c2)(c2cc(CC)cc(CC)c2)C2C=CC(C(C)CC)=C2)c1. The van der Waals surface area contributed by atoms with Crippen molar-refractivity contribution in [2.45, 2.75) is 106 Å². The van der Waals surface area contributed by atoms with Gasteiger partial charge in [0.05, 0.1) is 0 Å². The van der Waals surface area contributed by atoms with Crippen LogP contribution in [0.1, 0.15) is 95.2 Å². The molecule has 1 heteroatoms. The van der Waals surface area contributed by atoms with Gasteiger partial charge in [-0.25, -0.2) is 0 Å². The second-order valence-corrected chi connectivity index (χ2v) is 15.9. The summed E-state index contributed by atoms with van der Waals surface area (Å²) >= 11 is 0. The number of allylic oxidation sites excluding steroid dienone is 4. The lowest BCUT2D eigenvalue weighted by molar-refractivity contribution is 0.671. The van der Waals surface area contributed by atoms with Gasteiger partial charge in [-0.15, -0.1) is 0 Å². The molecule has 0 aliphatic heterocycles. The van der Waals surface area contributed by atoms with E-state index < -0.39 is 8.07 Å². The van der Waals surface area contributed by atoms with Gasteiger partial charge < -0.3 is 0 Å². The standard InChI is InChI=1S/C39H52Si/c1-9-28(8)35-16-17-36(27-35)40(37-21-29(10-2)18-30(11-3)22-37,38-23-31(12-4)19-32(13-5)24-38)39-25-33(14-6)20-34(15-7)26-39/h16-28,36H,9-15H2,1-8H3. The Morgan fingerprint density at radius 2 is 0.850 bits per heavy atom. The Labute approximate surface area is 246 Å². The summed E-state index contributed by atoms with van der Waals surface area (Å²) in [6.07, 6.45) is 15.4. The molecule has 40 heavy (non-hydrogen) atoms. The Hall–Kier alpha value is -2.64. The highest BCUT2D eigenvalue weighted by Gasteiger charge is 2.46. The molecular weight excluding hydrogens is 497 g/mol. The molecule has 2 unspecified atom stereocenters. The average molecular weight is 549 g/mol. The monoisotopic (exact) mass is 548 g/mol. The number of hydrogen-bond acceptors (Lipinski definition) is 0. The van der Waals surface area contributed by atoms with Crippen molar-refractivity contribution in [3.63, 3.8) is 0 Å². The third kappa shape index (κ3) is 5.86. The summed E-state index contributed by atoms with van der Waals surface area (Å²) in [5.74, 6) is 0.586. The number of hydrogen-bond donors (Lipinski definition) is 0. The van der Waals surface area contributed by atoms with Crippen LogP contribution in [0.15, 0.2) is 78.4 Å². The van der Waals surface area contributed by atoms with E-state index in [-0.39, 0.29) is 0 Å². The zero-order valence-corrected chi connectivity index (χ0v) is 27.5. The highest BCUT2D eigenvalue weighted by molar-refractivity contribution is 7.13. The van der Waals surface area contributed by atoms with E-state index >= 15 is 0 Å². The molecule has 212 valence electrons. The van der Waals surface area contributed by atoms with E-state index in [2.05, 4.69) is 128 Å². The molecule has 0 amide bonds. The van der Waals surface area contributed by atoms with E-state index in [0.717, 1.165) is 38.5 Å². The van der Waals surface area contributed by atoms with E-state index in [9.17, 15) is 0 Å². The third-order valence-electron chi connectivity index (χ3n) is 9.52. The molecule has 3 aromatic rings. The van der Waals surface area contributed by atoms with Crippen LogP contribution in [0, 0.1) is 5.92 Å². The van der Waals surface area contributed by atoms with Crippen molar-refractivity contribution in [1.82, 2.24) is 0 Å². The van der Waals surface area contributed by atoms with Crippen molar-refractivity contribution in [2.75, 3.05) is 0 Å². The molecular formula is C39H52Si. The fourth-order valence-corrected chi connectivity index (χ4v) is 12.1. The minimum Gasteiger partial charge on any atom is -0.0790 e. The second kappa shape index (κ2) is 13.3. The number of aryl methyl sites for hydroxylation is 6. The molecule has 0 spiro atoms. The van der Waals surface area contributed by atoms with Gasteiger partial charge >= 0.3 is 0 Å². The van der Waals surface area contributed by atoms with Crippen LogP contribution in [0.3, 0.4) is 0 Å². The molecule has 3 aromatic carbocycles. The van der Waals surface area contributed by atoms with E-state index in [1.807, 2.05) is 0 Å². The molecule has 0 heterocycles. The summed E-state index contributed by atoms with van der Waals surface area (Å²) < 4.78 is 0. The van der Waals surface area contributed by atoms with Gasteiger partial charge in [-0.2, -0.15) is 0 Å². The lowest BCUT2D eigenvalue weighted by Crippen LogP contribution is -2.69. The predicted octanol–water partition coefficient (Wildman–Crippen LogP) is 8.44. The summed E-state index contributed by atoms with van der Waals surface area (Å²) in [5, 5.41) is 4.77. The Bertz CT molecular complexity index is 1170. The van der Waals surface area contributed by atoms with Crippen LogP contribution in [0.25, 0.3) is 0 Å². The largest absolute Gasteiger partial charge is 0.158 e. The smallest absolute Gasteiger partial charge is 0.0790 e. The summed E-state index contributed by atoms with van der Waals surface area (Å²) in [7, 11) is -2.54. The van der Waals surface area contributed by atoms with Crippen molar-refractivity contribution < 1.29 is 0 Å². The highest BCUT2D eigenvalue weighted by Crippen LogP contribution is 2.36. The lowest BCUT2D eigenvalue weighted by atomic mass is 10.0. The summed E-state index contributed by atoms with van der Waals surface area (Å²) in [5.41, 5.74) is 10.8. The maximum absolute atomic E-state index is 2.68. The van der Waals surface area contributed by atoms with E-state index in [0.29, 0.717) is 11.5 Å². The molecule has 0 saturated carbocycles. The van der Waals surface area contributed by atoms with Gasteiger partial charge in [-0.05, 0) is 105 Å². The van der Waals surface area contributed by atoms with E-state index in [4.69, 9.17) is 0 Å². The second-order valence-electron chi connectivity index (χ2n) is 11.9. The van der Waals surface area contributed by atoms with Crippen molar-refractivity contribution in [1.29, 1.82) is 0 Å². The van der Waals surface area contributed by atoms with E-state index in [1.54, 1.807) is 15.6 Å². The Morgan fingerprint density at radius 3 is 1.12 bits per heavy atom. The van der Waals surface area contributed by atoms with Gasteiger partial charge in [0, 0.05) is 5.54 Å². The quantitative estimate of drug-likeness (QED) is 0.157. The molecule has 2 atom stereocenters. The van der Waals surface area contributed by atoms with Crippen molar-refractivity contribution in [3.8, 4) is 0 Å². The van der Waals surface area contributed by atoms with Crippen LogP contribution in [-0.2, 0) is 38.5 Å². The summed E-state index contributed by atoms with van der Waals surface area (Å²) in [6, 6.07) is 23.0. The van der Waals surface area contributed by atoms with Gasteiger partial charge in [0.2, 0.25) is 0 Å². The molecule has 1 aliphatic rings. The van der Waals surface area contributed by atoms with Gasteiger partial charge in [-0.3, -0.25) is 0 Å². The predicted molar refractivity (Wildman–Crippen MR) is 181 cm³/mol. The fraction of sp³-hybridized carbons (Fsp3) is 0.436. The molecule has 0 nitrogen and oxygen atoms in total. The molecule has 0 aromatic heterocycles. The zero-order chi connectivity index (χ0) is 28.9. The van der Waals surface area contributed by atoms with Crippen molar-refractivity contribution >= 4 is 23.6 Å². The first-order valence-corrected chi connectivity index (χ1v) is 18.2. The van der Waals surface area contributed by atoms with Crippen molar-refractivity contribution in [2.24, 2.45) is 5.92 Å². The Kier molecular flexibility index (Phi) is 10.1. The minimum atomic E-state index is -2.54. The van der Waals surface area contributed by atoms with Crippen LogP contribution < -0.4 is 15.6 Å². The molecule has 0 radical (unpaired) electrons. The topological polar surface area (TPSA) is 0 Å². The Balaban J connectivity index is 2.21. The molecule has 0 bridgehead atoms. The van der Waals surface area contributed by atoms with Crippen LogP contribution in [0.2, 0.25) is 5.54 Å². The lowest BCUT2D eigenvalue weighted by Gasteiger charge is -2.39. The molecule has 0 N–H and O–H groups in total. The normalized spacial score (nSPS) is 15.9. The van der Waals surface area contributed by atoms with Gasteiger partial charge in [0.25, 0.3) is 0 Å². The first-order valence-electron chi connectivity index (χ1n) is 16.2. The molecule has 4 rings (SSSR count). The van der Waals surface area contributed by atoms with Gasteiger partial charge in [0.1, 0.15) is 0 Å². The van der Waals surface area contributed by atoms with Gasteiger partial charge in [0.15, 0.2) is 8.07 Å². The van der Waals surface area contributed by atoms with Gasteiger partial charge in [-0.1, -0.05) is 128 Å². The third-order valence-corrected chi connectivity index (χ3v) is 14.5. The fourth-order valence-electron chi connectivity index (χ4n) is 6.64. The maximum Gasteiger partial charge on any atom is 0.158 e. The molecule has 1 aliphatic carbocycles. The van der Waals surface area contributed by atoms with Crippen LogP contribution in [0.4, 0.5) is 0 Å². The van der Waals surface area contributed by atoms with Crippen LogP contribution >= 0.6 is 0 Å². The zero-order valence-electron chi connectivity index (χ0n) is 26.5. The summed E-state index contributed by atoms with van der Waals surface area (Å²) in [4.78, 5) is 0. The first kappa shape index (κ1) is 30.3. The summed E-state index contributed by atoms with van der Waals surface area (Å²) in [6.45, 7) is 18.6. The van der Waals surface area contributed by atoms with E-state index in [1.165, 1.54) is 45.4 Å². The maximum atomic E-state index is 2.68. The molecule has 0 saturated heterocycles. The first-order chi connectivity index (χ1) is 19.4. The highest BCUT2D eigenvalue weighted by atomic mass is 28.3. The molecule has 0 fully saturated rings.